The molecule has 0 radical (unpaired) electrons. The van der Waals surface area contributed by atoms with E-state index in [1.165, 1.54) is 0 Å². The van der Waals surface area contributed by atoms with Gasteiger partial charge >= 0.3 is 0 Å². The quantitative estimate of drug-likeness (QED) is 0.401. The van der Waals surface area contributed by atoms with Crippen LogP contribution in [-0.4, -0.2) is 34.9 Å². The molecule has 5 rings (SSSR count). The molecule has 0 saturated heterocycles. The summed E-state index contributed by atoms with van der Waals surface area (Å²) in [6.07, 6.45) is 10.5. The molecular weight excluding hydrogens is 422 g/mol. The van der Waals surface area contributed by atoms with Crippen LogP contribution >= 0.6 is 0 Å². The highest BCUT2D eigenvalue weighted by Crippen LogP contribution is 2.13. The minimum atomic E-state index is 0.492. The van der Waals surface area contributed by atoms with Crippen molar-refractivity contribution in [3.63, 3.8) is 0 Å². The van der Waals surface area contributed by atoms with Crippen LogP contribution in [0.15, 0.2) is 91.8 Å². The lowest BCUT2D eigenvalue weighted by Crippen LogP contribution is -2.03. The van der Waals surface area contributed by atoms with Gasteiger partial charge in [0.25, 0.3) is 0 Å². The van der Waals surface area contributed by atoms with Gasteiger partial charge in [-0.1, -0.05) is 23.1 Å². The summed E-state index contributed by atoms with van der Waals surface area (Å²) in [6.45, 7) is 0.492. The maximum atomic E-state index is 4.61. The van der Waals surface area contributed by atoms with E-state index >= 15 is 0 Å². The monoisotopic (exact) mass is 439 g/mol. The van der Waals surface area contributed by atoms with Crippen LogP contribution in [0.2, 0.25) is 0 Å². The molecule has 0 unspecified atom stereocenters. The van der Waals surface area contributed by atoms with E-state index in [4.69, 9.17) is 0 Å². The molecule has 0 aliphatic heterocycles. The average molecular weight is 439 g/mol. The van der Waals surface area contributed by atoms with Gasteiger partial charge in [0.1, 0.15) is 17.1 Å². The number of pyridine rings is 4. The minimum absolute atomic E-state index is 0.492. The van der Waals surface area contributed by atoms with E-state index in [1.807, 2.05) is 60.8 Å². The summed E-state index contributed by atoms with van der Waals surface area (Å²) in [4.78, 5) is 17.2. The first-order chi connectivity index (χ1) is 16.8. The number of nitrogens with zero attached hydrogens (tertiary/aromatic N) is 7. The van der Waals surface area contributed by atoms with Crippen molar-refractivity contribution in [1.82, 2.24) is 34.9 Å². The number of hydrogen-bond acceptors (Lipinski definition) is 6. The van der Waals surface area contributed by atoms with Crippen molar-refractivity contribution in [3.05, 3.63) is 120 Å². The molecule has 34 heavy (non-hydrogen) atoms. The molecule has 0 atom stereocenters. The zero-order valence-electron chi connectivity index (χ0n) is 18.0. The Morgan fingerprint density at radius 1 is 0.706 bits per heavy atom. The molecule has 0 N–H and O–H groups in total. The van der Waals surface area contributed by atoms with E-state index in [0.29, 0.717) is 23.6 Å². The summed E-state index contributed by atoms with van der Waals surface area (Å²) >= 11 is 0. The molecule has 5 aromatic rings. The van der Waals surface area contributed by atoms with Crippen molar-refractivity contribution >= 4 is 0 Å². The zero-order valence-corrected chi connectivity index (χ0v) is 18.0. The van der Waals surface area contributed by atoms with Crippen molar-refractivity contribution in [2.45, 2.75) is 6.54 Å². The minimum Gasteiger partial charge on any atom is -0.263 e. The van der Waals surface area contributed by atoms with Crippen molar-refractivity contribution < 1.29 is 0 Å². The van der Waals surface area contributed by atoms with E-state index in [2.05, 4.69) is 53.9 Å². The maximum absolute atomic E-state index is 4.61. The highest BCUT2D eigenvalue weighted by atomic mass is 15.4. The second-order valence-corrected chi connectivity index (χ2v) is 7.25. The van der Waals surface area contributed by atoms with Gasteiger partial charge in [0.15, 0.2) is 0 Å². The van der Waals surface area contributed by atoms with E-state index in [9.17, 15) is 0 Å². The summed E-state index contributed by atoms with van der Waals surface area (Å²) in [7, 11) is 0. The molecule has 0 aliphatic rings. The Morgan fingerprint density at radius 3 is 2.00 bits per heavy atom. The topological polar surface area (TPSA) is 82.3 Å². The van der Waals surface area contributed by atoms with Gasteiger partial charge < -0.3 is 0 Å². The van der Waals surface area contributed by atoms with E-state index in [1.54, 1.807) is 35.7 Å². The highest BCUT2D eigenvalue weighted by molar-refractivity contribution is 5.51. The van der Waals surface area contributed by atoms with E-state index < -0.39 is 0 Å². The van der Waals surface area contributed by atoms with Crippen LogP contribution in [0.25, 0.3) is 11.4 Å². The summed E-state index contributed by atoms with van der Waals surface area (Å²) in [5.41, 5.74) is 5.29. The Labute approximate surface area is 196 Å². The van der Waals surface area contributed by atoms with Gasteiger partial charge in [0.2, 0.25) is 0 Å². The first-order valence-corrected chi connectivity index (χ1v) is 10.5. The third-order valence-electron chi connectivity index (χ3n) is 4.69. The fraction of sp³-hybridized carbons (Fsp3) is 0.0370. The normalized spacial score (nSPS) is 10.0. The maximum Gasteiger partial charge on any atom is 0.131 e. The van der Waals surface area contributed by atoms with Crippen LogP contribution in [0.3, 0.4) is 0 Å². The molecule has 160 valence electrons. The SMILES string of the molecule is C(#Cc1cc(Cn2cc(-c3ccccn3)nn2)cc(C#Cc2cccnc2)n1)c1cccnc1. The van der Waals surface area contributed by atoms with Crippen LogP contribution in [0.5, 0.6) is 0 Å². The van der Waals surface area contributed by atoms with Gasteiger partial charge in [0.05, 0.1) is 18.4 Å². The van der Waals surface area contributed by atoms with E-state index in [-0.39, 0.29) is 0 Å². The van der Waals surface area contributed by atoms with Crippen LogP contribution in [0.4, 0.5) is 0 Å². The highest BCUT2D eigenvalue weighted by Gasteiger charge is 2.07. The Hall–Kier alpha value is -5.14. The number of hydrogen-bond donors (Lipinski definition) is 0. The molecule has 0 amide bonds. The molecule has 0 saturated carbocycles. The van der Waals surface area contributed by atoms with Crippen LogP contribution < -0.4 is 0 Å². The Bertz CT molecular complexity index is 1450. The molecule has 5 aromatic heterocycles. The smallest absolute Gasteiger partial charge is 0.131 e. The predicted octanol–water partition coefficient (Wildman–Crippen LogP) is 3.37. The van der Waals surface area contributed by atoms with Crippen molar-refractivity contribution in [3.8, 4) is 35.1 Å². The molecule has 0 aliphatic carbocycles. The van der Waals surface area contributed by atoms with Crippen molar-refractivity contribution in [2.75, 3.05) is 0 Å². The molecule has 0 aromatic carbocycles. The average Bonchev–Trinajstić information content (AvgIpc) is 3.36. The number of rotatable bonds is 3. The van der Waals surface area contributed by atoms with Gasteiger partial charge in [-0.3, -0.25) is 15.0 Å². The lowest BCUT2D eigenvalue weighted by molar-refractivity contribution is 0.649. The zero-order chi connectivity index (χ0) is 23.0. The Morgan fingerprint density at radius 2 is 1.41 bits per heavy atom. The lowest BCUT2D eigenvalue weighted by Gasteiger charge is -2.03. The third-order valence-corrected chi connectivity index (χ3v) is 4.69. The van der Waals surface area contributed by atoms with Crippen molar-refractivity contribution in [1.29, 1.82) is 0 Å². The fourth-order valence-corrected chi connectivity index (χ4v) is 3.15. The molecule has 7 nitrogen and oxygen atoms in total. The number of aromatic nitrogens is 7. The van der Waals surface area contributed by atoms with Gasteiger partial charge in [-0.25, -0.2) is 9.67 Å². The van der Waals surface area contributed by atoms with Crippen LogP contribution in [-0.2, 0) is 6.54 Å². The summed E-state index contributed by atoms with van der Waals surface area (Å²) in [6, 6.07) is 17.1. The van der Waals surface area contributed by atoms with Crippen molar-refractivity contribution in [2.24, 2.45) is 0 Å². The molecule has 5 heterocycles. The summed E-state index contributed by atoms with van der Waals surface area (Å²) < 4.78 is 1.76. The third kappa shape index (κ3) is 5.37. The molecular formula is C27H17N7. The Balaban J connectivity index is 1.47. The van der Waals surface area contributed by atoms with Crippen LogP contribution in [0.1, 0.15) is 28.1 Å². The second-order valence-electron chi connectivity index (χ2n) is 7.25. The predicted molar refractivity (Wildman–Crippen MR) is 127 cm³/mol. The van der Waals surface area contributed by atoms with Gasteiger partial charge in [-0.2, -0.15) is 0 Å². The van der Waals surface area contributed by atoms with Gasteiger partial charge in [0, 0.05) is 42.1 Å². The van der Waals surface area contributed by atoms with Gasteiger partial charge in [-0.15, -0.1) is 5.10 Å². The molecule has 0 bridgehead atoms. The largest absolute Gasteiger partial charge is 0.263 e. The Kier molecular flexibility index (Phi) is 6.09. The molecule has 7 heteroatoms. The van der Waals surface area contributed by atoms with Crippen LogP contribution in [0, 0.1) is 23.7 Å². The van der Waals surface area contributed by atoms with E-state index in [0.717, 1.165) is 22.4 Å². The fourth-order valence-electron chi connectivity index (χ4n) is 3.15. The standard InChI is InChI=1S/C27H17N7/c1-2-14-30-26(7-1)27-20-34(33-32-27)19-23-15-24(10-8-21-5-3-12-28-17-21)31-25(16-23)11-9-22-6-4-13-29-18-22/h1-7,12-18,20H,19H2. The summed E-state index contributed by atoms with van der Waals surface area (Å²) in [5.74, 6) is 12.4. The second kappa shape index (κ2) is 9.99. The first kappa shape index (κ1) is 20.7. The first-order valence-electron chi connectivity index (χ1n) is 10.5. The lowest BCUT2D eigenvalue weighted by atomic mass is 10.1. The summed E-state index contributed by atoms with van der Waals surface area (Å²) in [5, 5.41) is 8.50. The van der Waals surface area contributed by atoms with Gasteiger partial charge in [-0.05, 0) is 65.9 Å². The molecule has 0 fully saturated rings. The molecule has 0 spiro atoms.